The van der Waals surface area contributed by atoms with Crippen molar-refractivity contribution in [2.45, 2.75) is 30.2 Å². The van der Waals surface area contributed by atoms with Gasteiger partial charge in [0.2, 0.25) is 5.91 Å². The number of fused-ring (bicyclic) bond motifs is 2. The standard InChI is InChI=1S/C25H21N3O2S/c1-15-6-2-3-9-19(15)14-31-25-27-23-22(24(30)28-25)20(13-21(29)26-23)18-11-10-16-7-4-5-8-17(16)12-18/h2-12,20H,13-14H2,1H3,(H2,26,27,28,29,30). The van der Waals surface area contributed by atoms with Crippen LogP contribution in [0.15, 0.2) is 76.7 Å². The lowest BCUT2D eigenvalue weighted by Crippen LogP contribution is -2.31. The number of aryl methyl sites for hydroxylation is 1. The van der Waals surface area contributed by atoms with Crippen LogP contribution in [0.25, 0.3) is 10.8 Å². The maximum atomic E-state index is 13.1. The Kier molecular flexibility index (Phi) is 5.08. The molecular formula is C25H21N3O2S. The van der Waals surface area contributed by atoms with E-state index in [1.807, 2.05) is 48.5 Å². The Bertz CT molecular complexity index is 1360. The highest BCUT2D eigenvalue weighted by Crippen LogP contribution is 2.36. The lowest BCUT2D eigenvalue weighted by atomic mass is 9.86. The van der Waals surface area contributed by atoms with Gasteiger partial charge in [0.25, 0.3) is 5.56 Å². The van der Waals surface area contributed by atoms with Crippen LogP contribution in [0.2, 0.25) is 0 Å². The molecule has 1 aliphatic rings. The van der Waals surface area contributed by atoms with Crippen molar-refractivity contribution in [3.63, 3.8) is 0 Å². The first-order valence-electron chi connectivity index (χ1n) is 10.2. The minimum Gasteiger partial charge on any atom is -0.310 e. The van der Waals surface area contributed by atoms with Crippen LogP contribution in [0.3, 0.4) is 0 Å². The van der Waals surface area contributed by atoms with Gasteiger partial charge in [0.1, 0.15) is 5.82 Å². The summed E-state index contributed by atoms with van der Waals surface area (Å²) in [5, 5.41) is 5.52. The molecule has 0 saturated carbocycles. The molecule has 31 heavy (non-hydrogen) atoms. The molecule has 154 valence electrons. The van der Waals surface area contributed by atoms with Crippen LogP contribution in [0, 0.1) is 6.92 Å². The van der Waals surface area contributed by atoms with Gasteiger partial charge in [0.15, 0.2) is 5.16 Å². The van der Waals surface area contributed by atoms with Crippen LogP contribution >= 0.6 is 11.8 Å². The third-order valence-electron chi connectivity index (χ3n) is 5.73. The zero-order valence-electron chi connectivity index (χ0n) is 17.0. The molecule has 2 N–H and O–H groups in total. The van der Waals surface area contributed by atoms with Gasteiger partial charge in [-0.15, -0.1) is 0 Å². The fraction of sp³-hybridized carbons (Fsp3) is 0.160. The molecule has 0 bridgehead atoms. The molecular weight excluding hydrogens is 406 g/mol. The van der Waals surface area contributed by atoms with Gasteiger partial charge >= 0.3 is 0 Å². The number of H-pyrrole nitrogens is 1. The monoisotopic (exact) mass is 427 g/mol. The topological polar surface area (TPSA) is 74.8 Å². The van der Waals surface area contributed by atoms with Crippen molar-refractivity contribution in [2.24, 2.45) is 0 Å². The first kappa shape index (κ1) is 19.6. The number of nitrogens with one attached hydrogen (secondary N) is 2. The van der Waals surface area contributed by atoms with Crippen molar-refractivity contribution < 1.29 is 4.79 Å². The highest BCUT2D eigenvalue weighted by Gasteiger charge is 2.31. The fourth-order valence-electron chi connectivity index (χ4n) is 4.05. The lowest BCUT2D eigenvalue weighted by Gasteiger charge is -2.24. The molecule has 0 spiro atoms. The Morgan fingerprint density at radius 3 is 2.61 bits per heavy atom. The van der Waals surface area contributed by atoms with Crippen LogP contribution in [-0.2, 0) is 10.5 Å². The molecule has 3 aromatic carbocycles. The summed E-state index contributed by atoms with van der Waals surface area (Å²) in [6, 6.07) is 22.3. The molecule has 5 rings (SSSR count). The van der Waals surface area contributed by atoms with Gasteiger partial charge in [-0.2, -0.15) is 0 Å². The molecule has 0 aliphatic carbocycles. The van der Waals surface area contributed by atoms with E-state index >= 15 is 0 Å². The van der Waals surface area contributed by atoms with Crippen molar-refractivity contribution in [3.8, 4) is 0 Å². The van der Waals surface area contributed by atoms with Gasteiger partial charge in [-0.1, -0.05) is 78.5 Å². The number of aromatic amines is 1. The van der Waals surface area contributed by atoms with Gasteiger partial charge in [-0.05, 0) is 34.4 Å². The van der Waals surface area contributed by atoms with Crippen molar-refractivity contribution in [3.05, 3.63) is 99.3 Å². The Morgan fingerprint density at radius 2 is 1.77 bits per heavy atom. The minimum atomic E-state index is -0.319. The first-order chi connectivity index (χ1) is 15.1. The second kappa shape index (κ2) is 8.04. The van der Waals surface area contributed by atoms with Crippen molar-refractivity contribution in [1.29, 1.82) is 0 Å². The number of benzene rings is 3. The summed E-state index contributed by atoms with van der Waals surface area (Å²) in [6.07, 6.45) is 0.228. The van der Waals surface area contributed by atoms with Crippen molar-refractivity contribution >= 4 is 34.3 Å². The Morgan fingerprint density at radius 1 is 1.00 bits per heavy atom. The number of hydrogen-bond donors (Lipinski definition) is 2. The highest BCUT2D eigenvalue weighted by molar-refractivity contribution is 7.98. The number of hydrogen-bond acceptors (Lipinski definition) is 4. The molecule has 6 heteroatoms. The number of anilines is 1. The quantitative estimate of drug-likeness (QED) is 0.355. The zero-order valence-corrected chi connectivity index (χ0v) is 17.8. The first-order valence-corrected chi connectivity index (χ1v) is 11.2. The summed E-state index contributed by atoms with van der Waals surface area (Å²) < 4.78 is 0. The summed E-state index contributed by atoms with van der Waals surface area (Å²) in [4.78, 5) is 33.0. The fourth-order valence-corrected chi connectivity index (χ4v) is 4.98. The largest absolute Gasteiger partial charge is 0.310 e. The van der Waals surface area contributed by atoms with Gasteiger partial charge in [-0.3, -0.25) is 9.59 Å². The average molecular weight is 428 g/mol. The molecule has 1 aliphatic heterocycles. The lowest BCUT2D eigenvalue weighted by molar-refractivity contribution is -0.116. The molecule has 0 fully saturated rings. The summed E-state index contributed by atoms with van der Waals surface area (Å²) in [6.45, 7) is 2.06. The van der Waals surface area contributed by atoms with E-state index in [2.05, 4.69) is 40.4 Å². The predicted octanol–water partition coefficient (Wildman–Crippen LogP) is 5.00. The van der Waals surface area contributed by atoms with Crippen molar-refractivity contribution in [1.82, 2.24) is 9.97 Å². The Balaban J connectivity index is 1.50. The molecule has 1 unspecified atom stereocenters. The molecule has 0 radical (unpaired) electrons. The highest BCUT2D eigenvalue weighted by atomic mass is 32.2. The molecule has 1 amide bonds. The maximum absolute atomic E-state index is 13.1. The van der Waals surface area contributed by atoms with Crippen LogP contribution in [0.1, 0.15) is 34.6 Å². The van der Waals surface area contributed by atoms with E-state index in [1.165, 1.54) is 22.9 Å². The molecule has 4 aromatic rings. The average Bonchev–Trinajstić information content (AvgIpc) is 2.77. The number of amides is 1. The molecule has 1 aromatic heterocycles. The van der Waals surface area contributed by atoms with E-state index in [0.717, 1.165) is 16.3 Å². The Labute approximate surface area is 183 Å². The number of carbonyl (C=O) groups is 1. The van der Waals surface area contributed by atoms with Crippen LogP contribution in [0.5, 0.6) is 0 Å². The van der Waals surface area contributed by atoms with Gasteiger partial charge in [0, 0.05) is 18.1 Å². The maximum Gasteiger partial charge on any atom is 0.257 e. The Hall–Kier alpha value is -3.38. The summed E-state index contributed by atoms with van der Waals surface area (Å²) in [5.41, 5.74) is 3.65. The van der Waals surface area contributed by atoms with Crippen LogP contribution < -0.4 is 10.9 Å². The molecule has 2 heterocycles. The normalized spacial score (nSPS) is 15.5. The van der Waals surface area contributed by atoms with Crippen molar-refractivity contribution in [2.75, 3.05) is 5.32 Å². The number of thioether (sulfide) groups is 1. The van der Waals surface area contributed by atoms with Gasteiger partial charge < -0.3 is 10.3 Å². The SMILES string of the molecule is Cc1ccccc1CSc1nc2c(c(=O)[nH]1)C(c1ccc3ccccc3c1)CC(=O)N2. The van der Waals surface area contributed by atoms with E-state index in [-0.39, 0.29) is 23.8 Å². The third-order valence-corrected chi connectivity index (χ3v) is 6.65. The zero-order chi connectivity index (χ0) is 21.4. The molecule has 0 saturated heterocycles. The second-order valence-corrected chi connectivity index (χ2v) is 8.72. The third kappa shape index (κ3) is 3.86. The van der Waals surface area contributed by atoms with E-state index < -0.39 is 0 Å². The molecule has 1 atom stereocenters. The predicted molar refractivity (Wildman–Crippen MR) is 125 cm³/mol. The van der Waals surface area contributed by atoms with E-state index in [4.69, 9.17) is 0 Å². The molecule has 5 nitrogen and oxygen atoms in total. The number of rotatable bonds is 4. The van der Waals surface area contributed by atoms with E-state index in [9.17, 15) is 9.59 Å². The number of carbonyl (C=O) groups excluding carboxylic acids is 1. The number of aromatic nitrogens is 2. The summed E-state index contributed by atoms with van der Waals surface area (Å²) in [7, 11) is 0. The van der Waals surface area contributed by atoms with Crippen LogP contribution in [0.4, 0.5) is 5.82 Å². The number of nitrogens with zero attached hydrogens (tertiary/aromatic N) is 1. The minimum absolute atomic E-state index is 0.126. The van der Waals surface area contributed by atoms with Gasteiger partial charge in [-0.25, -0.2) is 4.98 Å². The summed E-state index contributed by atoms with van der Waals surface area (Å²) in [5.74, 6) is 0.611. The second-order valence-electron chi connectivity index (χ2n) is 7.76. The van der Waals surface area contributed by atoms with Crippen LogP contribution in [-0.4, -0.2) is 15.9 Å². The smallest absolute Gasteiger partial charge is 0.257 e. The van der Waals surface area contributed by atoms with E-state index in [0.29, 0.717) is 22.3 Å². The van der Waals surface area contributed by atoms with Gasteiger partial charge in [0.05, 0.1) is 5.56 Å². The van der Waals surface area contributed by atoms with E-state index in [1.54, 1.807) is 0 Å². The summed E-state index contributed by atoms with van der Waals surface area (Å²) >= 11 is 1.46.